The standard InChI is InChI=1S/C14H22F3NO2/c15-14(16,17)13(20)9-18-8-4-3-6-11(18)10-5-1-2-7-12(10)19/h10-11,13,20H,1-9H2. The Balaban J connectivity index is 2.03. The second-order valence-corrected chi connectivity index (χ2v) is 5.93. The van der Waals surface area contributed by atoms with Crippen LogP contribution in [0.2, 0.25) is 0 Å². The van der Waals surface area contributed by atoms with Gasteiger partial charge in [0.2, 0.25) is 0 Å². The highest BCUT2D eigenvalue weighted by molar-refractivity contribution is 5.82. The number of alkyl halides is 3. The van der Waals surface area contributed by atoms with E-state index >= 15 is 0 Å². The number of aliphatic hydroxyl groups excluding tert-OH is 1. The van der Waals surface area contributed by atoms with Gasteiger partial charge in [0.15, 0.2) is 6.10 Å². The Kier molecular flexibility index (Phi) is 5.07. The van der Waals surface area contributed by atoms with Gasteiger partial charge in [0.05, 0.1) is 0 Å². The van der Waals surface area contributed by atoms with Crippen molar-refractivity contribution < 1.29 is 23.1 Å². The monoisotopic (exact) mass is 293 g/mol. The number of hydrogen-bond donors (Lipinski definition) is 1. The maximum absolute atomic E-state index is 12.5. The van der Waals surface area contributed by atoms with E-state index in [2.05, 4.69) is 0 Å². The van der Waals surface area contributed by atoms with Crippen LogP contribution in [0.4, 0.5) is 13.2 Å². The van der Waals surface area contributed by atoms with E-state index in [9.17, 15) is 23.1 Å². The number of carbonyl (C=O) groups excluding carboxylic acids is 1. The Morgan fingerprint density at radius 1 is 1.20 bits per heavy atom. The molecule has 116 valence electrons. The number of nitrogens with zero attached hydrogens (tertiary/aromatic N) is 1. The molecule has 0 aromatic heterocycles. The van der Waals surface area contributed by atoms with Gasteiger partial charge in [0.1, 0.15) is 5.78 Å². The molecule has 0 spiro atoms. The summed E-state index contributed by atoms with van der Waals surface area (Å²) in [5, 5.41) is 9.27. The Labute approximate surface area is 117 Å². The zero-order valence-corrected chi connectivity index (χ0v) is 11.5. The number of likely N-dealkylation sites (tertiary alicyclic amines) is 1. The van der Waals surface area contributed by atoms with Crippen LogP contribution in [0.3, 0.4) is 0 Å². The summed E-state index contributed by atoms with van der Waals surface area (Å²) in [6.07, 6.45) is -1.15. The number of β-amino-alcohol motifs (C(OH)–C–C–N with tert-alkyl or cyclic N) is 1. The van der Waals surface area contributed by atoms with Crippen LogP contribution in [0.25, 0.3) is 0 Å². The maximum Gasteiger partial charge on any atom is 0.415 e. The highest BCUT2D eigenvalue weighted by atomic mass is 19.4. The van der Waals surface area contributed by atoms with Crippen molar-refractivity contribution in [2.75, 3.05) is 13.1 Å². The molecule has 3 atom stereocenters. The first-order valence-electron chi connectivity index (χ1n) is 7.41. The predicted octanol–water partition coefficient (Wildman–Crippen LogP) is 2.52. The predicted molar refractivity (Wildman–Crippen MR) is 68.2 cm³/mol. The molecule has 0 aromatic carbocycles. The van der Waals surface area contributed by atoms with Gasteiger partial charge < -0.3 is 5.11 Å². The lowest BCUT2D eigenvalue weighted by Gasteiger charge is -2.42. The zero-order valence-electron chi connectivity index (χ0n) is 11.5. The SMILES string of the molecule is O=C1CCCCC1C1CCCCN1CC(O)C(F)(F)F. The molecule has 20 heavy (non-hydrogen) atoms. The van der Waals surface area contributed by atoms with E-state index in [4.69, 9.17) is 0 Å². The second kappa shape index (κ2) is 6.43. The van der Waals surface area contributed by atoms with Gasteiger partial charge in [0.25, 0.3) is 0 Å². The van der Waals surface area contributed by atoms with Crippen LogP contribution in [0.15, 0.2) is 0 Å². The lowest BCUT2D eigenvalue weighted by atomic mass is 9.79. The molecule has 0 bridgehead atoms. The second-order valence-electron chi connectivity index (χ2n) is 5.93. The minimum absolute atomic E-state index is 0.117. The van der Waals surface area contributed by atoms with Gasteiger partial charge >= 0.3 is 6.18 Å². The highest BCUT2D eigenvalue weighted by Crippen LogP contribution is 2.32. The fraction of sp³-hybridized carbons (Fsp3) is 0.929. The number of rotatable bonds is 3. The van der Waals surface area contributed by atoms with Crippen molar-refractivity contribution in [1.82, 2.24) is 4.90 Å². The summed E-state index contributed by atoms with van der Waals surface area (Å²) in [4.78, 5) is 13.7. The molecular formula is C14H22F3NO2. The third-order valence-electron chi connectivity index (χ3n) is 4.52. The largest absolute Gasteiger partial charge is 0.415 e. The molecule has 0 aromatic rings. The fourth-order valence-electron chi connectivity index (χ4n) is 3.44. The molecule has 0 amide bonds. The van der Waals surface area contributed by atoms with E-state index < -0.39 is 18.8 Å². The summed E-state index contributed by atoms with van der Waals surface area (Å²) >= 11 is 0. The van der Waals surface area contributed by atoms with Crippen molar-refractivity contribution in [2.45, 2.75) is 63.3 Å². The van der Waals surface area contributed by atoms with Gasteiger partial charge in [-0.1, -0.05) is 12.8 Å². The number of carbonyl (C=O) groups is 1. The van der Waals surface area contributed by atoms with E-state index in [-0.39, 0.29) is 17.7 Å². The van der Waals surface area contributed by atoms with Crippen LogP contribution in [0.5, 0.6) is 0 Å². The van der Waals surface area contributed by atoms with Gasteiger partial charge in [-0.25, -0.2) is 0 Å². The first-order valence-corrected chi connectivity index (χ1v) is 7.41. The lowest BCUT2D eigenvalue weighted by molar-refractivity contribution is -0.210. The van der Waals surface area contributed by atoms with E-state index in [0.29, 0.717) is 13.0 Å². The topological polar surface area (TPSA) is 40.5 Å². The third-order valence-corrected chi connectivity index (χ3v) is 4.52. The Morgan fingerprint density at radius 3 is 2.55 bits per heavy atom. The quantitative estimate of drug-likeness (QED) is 0.869. The molecule has 1 N–H and O–H groups in total. The van der Waals surface area contributed by atoms with Crippen molar-refractivity contribution in [2.24, 2.45) is 5.92 Å². The van der Waals surface area contributed by atoms with Gasteiger partial charge in [-0.15, -0.1) is 0 Å². The number of aliphatic hydroxyl groups is 1. The zero-order chi connectivity index (χ0) is 14.8. The van der Waals surface area contributed by atoms with Crippen molar-refractivity contribution in [3.63, 3.8) is 0 Å². The van der Waals surface area contributed by atoms with Gasteiger partial charge in [-0.05, 0) is 32.2 Å². The van der Waals surface area contributed by atoms with Crippen LogP contribution < -0.4 is 0 Å². The number of hydrogen-bond acceptors (Lipinski definition) is 3. The number of halogens is 3. The molecule has 2 rings (SSSR count). The van der Waals surface area contributed by atoms with Crippen LogP contribution >= 0.6 is 0 Å². The molecule has 3 nitrogen and oxygen atoms in total. The molecule has 2 fully saturated rings. The minimum Gasteiger partial charge on any atom is -0.382 e. The maximum atomic E-state index is 12.5. The summed E-state index contributed by atoms with van der Waals surface area (Å²) in [6, 6.07) is -0.117. The van der Waals surface area contributed by atoms with Crippen LogP contribution in [-0.2, 0) is 4.79 Å². The average Bonchev–Trinajstić information content (AvgIpc) is 2.39. The summed E-state index contributed by atoms with van der Waals surface area (Å²) in [5.41, 5.74) is 0. The van der Waals surface area contributed by atoms with E-state index in [1.807, 2.05) is 0 Å². The van der Waals surface area contributed by atoms with Gasteiger partial charge in [-0.3, -0.25) is 9.69 Å². The van der Waals surface area contributed by atoms with Crippen LogP contribution in [-0.4, -0.2) is 47.2 Å². The van der Waals surface area contributed by atoms with E-state index in [0.717, 1.165) is 38.5 Å². The smallest absolute Gasteiger partial charge is 0.382 e. The van der Waals surface area contributed by atoms with Crippen molar-refractivity contribution in [3.8, 4) is 0 Å². The number of ketones is 1. The molecule has 1 saturated heterocycles. The molecule has 3 unspecified atom stereocenters. The Hall–Kier alpha value is -0.620. The molecule has 1 heterocycles. The summed E-state index contributed by atoms with van der Waals surface area (Å²) in [7, 11) is 0. The van der Waals surface area contributed by atoms with Crippen molar-refractivity contribution in [3.05, 3.63) is 0 Å². The Bertz CT molecular complexity index is 346. The molecule has 1 saturated carbocycles. The van der Waals surface area contributed by atoms with Crippen molar-refractivity contribution in [1.29, 1.82) is 0 Å². The minimum atomic E-state index is -4.58. The van der Waals surface area contributed by atoms with E-state index in [1.165, 1.54) is 0 Å². The molecule has 2 aliphatic rings. The summed E-state index contributed by atoms with van der Waals surface area (Å²) in [5.74, 6) is 0.0548. The van der Waals surface area contributed by atoms with Gasteiger partial charge in [-0.2, -0.15) is 13.2 Å². The van der Waals surface area contributed by atoms with Gasteiger partial charge in [0, 0.05) is 24.9 Å². The highest BCUT2D eigenvalue weighted by Gasteiger charge is 2.42. The molecule has 0 radical (unpaired) electrons. The fourth-order valence-corrected chi connectivity index (χ4v) is 3.44. The van der Waals surface area contributed by atoms with Crippen LogP contribution in [0, 0.1) is 5.92 Å². The molecule has 1 aliphatic heterocycles. The van der Waals surface area contributed by atoms with Crippen molar-refractivity contribution >= 4 is 5.78 Å². The third kappa shape index (κ3) is 3.73. The number of piperidine rings is 1. The first-order chi connectivity index (χ1) is 9.39. The van der Waals surface area contributed by atoms with E-state index in [1.54, 1.807) is 4.90 Å². The molecular weight excluding hydrogens is 271 g/mol. The average molecular weight is 293 g/mol. The first kappa shape index (κ1) is 15.8. The summed E-state index contributed by atoms with van der Waals surface area (Å²) in [6.45, 7) is 0.138. The Morgan fingerprint density at radius 2 is 1.90 bits per heavy atom. The lowest BCUT2D eigenvalue weighted by Crippen LogP contribution is -2.52. The van der Waals surface area contributed by atoms with Crippen LogP contribution in [0.1, 0.15) is 44.9 Å². The molecule has 6 heteroatoms. The number of Topliss-reactive ketones (excluding diaryl/α,β-unsaturated/α-hetero) is 1. The normalized spacial score (nSPS) is 31.3. The summed E-state index contributed by atoms with van der Waals surface area (Å²) < 4.78 is 37.5. The molecule has 1 aliphatic carbocycles.